The number of likely N-dealkylation sites (N-methyl/N-ethyl adjacent to an activating group) is 2. The minimum Gasteiger partial charge on any atom is -0.379 e. The van der Waals surface area contributed by atoms with Gasteiger partial charge in [-0.05, 0) is 99.7 Å². The summed E-state index contributed by atoms with van der Waals surface area (Å²) in [6.45, 7) is 18.6. The van der Waals surface area contributed by atoms with Gasteiger partial charge in [0.05, 0.1) is 93.9 Å². The SMILES string of the molecule is CC[C@H](C)[C@@H]([C@@H](CC(=O)N1CCC[C@H]1[C@H](OC)[C@@H](C)C(=O)C[C@@H](Cc1ccccc1)C(=O)NS(=O)(=O)c1ccc(NC(=O)[C@H](CCCNC(N)=O)CC(=O)[C@@H](NC(=O)CCOCCOCCOCCN2C(=O)C=CC2=O)C(C)C)cc1)OC)N(C)C(=O)[C@@H](CC(=O)[C@H](C(C)C)N(C)C)C(C)C. The van der Waals surface area contributed by atoms with Crippen molar-refractivity contribution >= 4 is 80.4 Å². The molecule has 0 bridgehead atoms. The van der Waals surface area contributed by atoms with Gasteiger partial charge in [0.25, 0.3) is 21.8 Å². The molecule has 28 heteroatoms. The van der Waals surface area contributed by atoms with E-state index in [0.717, 1.165) is 4.90 Å². The van der Waals surface area contributed by atoms with E-state index in [1.807, 2.05) is 60.5 Å². The first-order valence-corrected chi connectivity index (χ1v) is 36.7. The molecule has 2 aromatic carbocycles. The number of primary amides is 1. The standard InChI is InChI=1S/C73H113N9O18S/c1-15-49(8)68(80(12)72(92)56(46(2)3)44-60(85)67(48(6)7)79(10)11)61(96-13)45-65(89)81-33-20-24-57(81)69(97-14)50(9)58(83)43-53(41-51-21-17-16-18-22-51)71(91)78-101(94,95)55-27-25-54(26-28-55)76-70(90)52(23-19-32-75-73(74)93)42-59(84)66(47(4)5)77-62(86)31-35-98-37-39-100-40-38-99-36-34-82-63(87)29-30-64(82)88/h16-18,21-22,25-30,46-50,52-53,56-57,61,66-69H,15,19-20,23-24,31-45H2,1-14H3,(H,76,90)(H,77,86)(H,78,91)(H3,74,75,93)/t49-,50-,52+,53+,56-,57-,61+,66-,67-,68-,69+/m0/s1. The third-order valence-corrected chi connectivity index (χ3v) is 20.3. The fraction of sp³-hybridized carbons (Fsp3) is 0.658. The predicted molar refractivity (Wildman–Crippen MR) is 380 cm³/mol. The van der Waals surface area contributed by atoms with Crippen LogP contribution in [0.4, 0.5) is 10.5 Å². The average molecular weight is 1440 g/mol. The van der Waals surface area contributed by atoms with Gasteiger partial charge in [0.15, 0.2) is 11.6 Å². The maximum absolute atomic E-state index is 14.7. The van der Waals surface area contributed by atoms with Gasteiger partial charge in [-0.2, -0.15) is 0 Å². The zero-order valence-corrected chi connectivity index (χ0v) is 62.5. The smallest absolute Gasteiger partial charge is 0.312 e. The van der Waals surface area contributed by atoms with E-state index < -0.39 is 106 Å². The van der Waals surface area contributed by atoms with Crippen molar-refractivity contribution in [1.82, 2.24) is 35.0 Å². The Hall–Kier alpha value is -7.34. The number of imide groups is 1. The number of amides is 9. The third kappa shape index (κ3) is 27.1. The van der Waals surface area contributed by atoms with Crippen LogP contribution >= 0.6 is 0 Å². The Bertz CT molecular complexity index is 3180. The van der Waals surface area contributed by atoms with Crippen molar-refractivity contribution < 1.29 is 84.8 Å². The Morgan fingerprint density at radius 1 is 0.693 bits per heavy atom. The van der Waals surface area contributed by atoms with E-state index in [9.17, 15) is 61.2 Å². The maximum Gasteiger partial charge on any atom is 0.312 e. The van der Waals surface area contributed by atoms with Crippen molar-refractivity contribution in [2.45, 2.75) is 174 Å². The highest BCUT2D eigenvalue weighted by Crippen LogP contribution is 2.33. The molecule has 2 heterocycles. The van der Waals surface area contributed by atoms with Crippen molar-refractivity contribution in [1.29, 1.82) is 0 Å². The number of carbonyl (C=O) groups excluding carboxylic acids is 11. The number of urea groups is 1. The zero-order valence-electron chi connectivity index (χ0n) is 61.7. The van der Waals surface area contributed by atoms with E-state index >= 15 is 0 Å². The van der Waals surface area contributed by atoms with Crippen molar-refractivity contribution in [2.24, 2.45) is 53.1 Å². The molecule has 2 aliphatic heterocycles. The normalized spacial score (nSPS) is 17.1. The van der Waals surface area contributed by atoms with Crippen LogP contribution in [0.5, 0.6) is 0 Å². The van der Waals surface area contributed by atoms with Gasteiger partial charge in [0.1, 0.15) is 5.78 Å². The van der Waals surface area contributed by atoms with Crippen LogP contribution in [0.2, 0.25) is 0 Å². The molecule has 27 nitrogen and oxygen atoms in total. The number of hydrogen-bond acceptors (Lipinski definition) is 19. The molecule has 9 amide bonds. The molecule has 4 rings (SSSR count). The number of hydrogen-bond donors (Lipinski definition) is 5. The summed E-state index contributed by atoms with van der Waals surface area (Å²) < 4.78 is 58.9. The van der Waals surface area contributed by atoms with Gasteiger partial charge in [0, 0.05) is 102 Å². The largest absolute Gasteiger partial charge is 0.379 e. The number of benzene rings is 2. The number of ether oxygens (including phenoxy) is 5. The number of likely N-dealkylation sites (tertiary alicyclic amines) is 1. The molecule has 101 heavy (non-hydrogen) atoms. The highest BCUT2D eigenvalue weighted by Gasteiger charge is 2.44. The number of nitrogens with zero attached hydrogens (tertiary/aromatic N) is 4. The lowest BCUT2D eigenvalue weighted by molar-refractivity contribution is -0.149. The molecule has 564 valence electrons. The van der Waals surface area contributed by atoms with Crippen LogP contribution in [0.25, 0.3) is 0 Å². The molecule has 1 saturated heterocycles. The quantitative estimate of drug-likeness (QED) is 0.0402. The van der Waals surface area contributed by atoms with Crippen LogP contribution in [0.15, 0.2) is 71.6 Å². The van der Waals surface area contributed by atoms with Crippen LogP contribution in [-0.2, 0) is 88.1 Å². The zero-order chi connectivity index (χ0) is 75.3. The number of sulfonamides is 1. The van der Waals surface area contributed by atoms with E-state index in [4.69, 9.17) is 29.4 Å². The Morgan fingerprint density at radius 3 is 1.85 bits per heavy atom. The van der Waals surface area contributed by atoms with Crippen LogP contribution < -0.4 is 26.4 Å². The van der Waals surface area contributed by atoms with Crippen LogP contribution in [0, 0.1) is 47.3 Å². The highest BCUT2D eigenvalue weighted by molar-refractivity contribution is 7.90. The van der Waals surface area contributed by atoms with Gasteiger partial charge in [-0.15, -0.1) is 0 Å². The Balaban J connectivity index is 1.41. The van der Waals surface area contributed by atoms with Crippen molar-refractivity contribution in [3.63, 3.8) is 0 Å². The second-order valence-electron chi connectivity index (χ2n) is 27.6. The van der Waals surface area contributed by atoms with Crippen LogP contribution in [-0.4, -0.2) is 224 Å². The minimum atomic E-state index is -4.61. The number of carbonyl (C=O) groups is 11. The summed E-state index contributed by atoms with van der Waals surface area (Å²) in [6.07, 6.45) is 2.13. The number of nitrogens with two attached hydrogens (primary N) is 1. The van der Waals surface area contributed by atoms with Crippen molar-refractivity contribution in [3.05, 3.63) is 72.3 Å². The summed E-state index contributed by atoms with van der Waals surface area (Å²) in [5, 5.41) is 7.96. The number of rotatable bonds is 48. The molecule has 2 aromatic rings. The number of ketones is 3. The van der Waals surface area contributed by atoms with Crippen LogP contribution in [0.3, 0.4) is 0 Å². The first-order chi connectivity index (χ1) is 47.8. The molecule has 0 aliphatic carbocycles. The Kier molecular flexibility index (Phi) is 36.6. The lowest BCUT2D eigenvalue weighted by atomic mass is 9.83. The van der Waals surface area contributed by atoms with Gasteiger partial charge in [-0.25, -0.2) is 17.9 Å². The summed E-state index contributed by atoms with van der Waals surface area (Å²) in [7, 11) is 3.80. The van der Waals surface area contributed by atoms with Gasteiger partial charge in [0.2, 0.25) is 29.5 Å². The molecule has 2 aliphatic rings. The molecule has 0 spiro atoms. The van der Waals surface area contributed by atoms with E-state index in [1.54, 1.807) is 68.0 Å². The monoisotopic (exact) mass is 1440 g/mol. The van der Waals surface area contributed by atoms with E-state index in [2.05, 4.69) is 20.7 Å². The number of nitrogens with one attached hydrogen (secondary N) is 4. The van der Waals surface area contributed by atoms with E-state index in [-0.39, 0.29) is 167 Å². The van der Waals surface area contributed by atoms with Crippen molar-refractivity contribution in [3.8, 4) is 0 Å². The molecule has 1 fully saturated rings. The molecule has 0 radical (unpaired) electrons. The van der Waals surface area contributed by atoms with Gasteiger partial charge < -0.3 is 55.2 Å². The summed E-state index contributed by atoms with van der Waals surface area (Å²) in [4.78, 5) is 154. The molecular weight excluding hydrogens is 1320 g/mol. The molecule has 0 aromatic heterocycles. The van der Waals surface area contributed by atoms with E-state index in [0.29, 0.717) is 31.4 Å². The summed E-state index contributed by atoms with van der Waals surface area (Å²) >= 11 is 0. The number of Topliss-reactive ketones (excluding diaryl/α,β-unsaturated/α-hetero) is 3. The maximum atomic E-state index is 14.7. The topological polar surface area (TPSA) is 355 Å². The first-order valence-electron chi connectivity index (χ1n) is 35.3. The third-order valence-electron chi connectivity index (χ3n) is 19.0. The van der Waals surface area contributed by atoms with Gasteiger partial charge in [-0.1, -0.05) is 99.1 Å². The fourth-order valence-electron chi connectivity index (χ4n) is 13.3. The van der Waals surface area contributed by atoms with E-state index in [1.165, 1.54) is 50.6 Å². The summed E-state index contributed by atoms with van der Waals surface area (Å²) in [5.41, 5.74) is 6.08. The fourth-order valence-corrected chi connectivity index (χ4v) is 14.3. The number of anilines is 1. The summed E-state index contributed by atoms with van der Waals surface area (Å²) in [5.74, 6) is -8.39. The predicted octanol–water partition coefficient (Wildman–Crippen LogP) is 5.52. The van der Waals surface area contributed by atoms with Crippen molar-refractivity contribution in [2.75, 3.05) is 100.0 Å². The number of methoxy groups -OCH3 is 2. The first kappa shape index (κ1) is 86.1. The molecule has 0 saturated carbocycles. The second-order valence-corrected chi connectivity index (χ2v) is 29.3. The molecule has 6 N–H and O–H groups in total. The lowest BCUT2D eigenvalue weighted by Crippen LogP contribution is -2.54. The summed E-state index contributed by atoms with van der Waals surface area (Å²) in [6, 6.07) is 10.6. The lowest BCUT2D eigenvalue weighted by Gasteiger charge is -2.41. The molecule has 0 unspecified atom stereocenters. The highest BCUT2D eigenvalue weighted by atomic mass is 32.2. The second kappa shape index (κ2) is 42.9. The van der Waals surface area contributed by atoms with Gasteiger partial charge >= 0.3 is 6.03 Å². The minimum absolute atomic E-state index is 0.0120. The average Bonchev–Trinajstić information content (AvgIpc) is 1.18. The molecular formula is C73H113N9O18S. The van der Waals surface area contributed by atoms with Crippen LogP contribution in [0.1, 0.15) is 132 Å². The molecule has 11 atom stereocenters. The van der Waals surface area contributed by atoms with Gasteiger partial charge in [-0.3, -0.25) is 57.7 Å². The Morgan fingerprint density at radius 2 is 1.30 bits per heavy atom. The Labute approximate surface area is 597 Å².